The Bertz CT molecular complexity index is 174. The number of likely N-dealkylation sites (tertiary alicyclic amines) is 1. The first-order valence-corrected chi connectivity index (χ1v) is 5.00. The topological polar surface area (TPSA) is 15.6 Å². The van der Waals surface area contributed by atoms with Gasteiger partial charge in [-0.1, -0.05) is 11.8 Å². The van der Waals surface area contributed by atoms with Gasteiger partial charge in [0.15, 0.2) is 5.17 Å². The number of halogens is 1. The molecule has 1 saturated heterocycles. The van der Waals surface area contributed by atoms with Crippen LogP contribution in [-0.4, -0.2) is 34.3 Å². The molecule has 1 atom stereocenters. The Labute approximate surface area is 82.6 Å². The van der Waals surface area contributed by atoms with Crippen molar-refractivity contribution in [2.75, 3.05) is 18.8 Å². The van der Waals surface area contributed by atoms with Gasteiger partial charge in [-0.15, -0.1) is 12.4 Å². The van der Waals surface area contributed by atoms with Crippen LogP contribution in [0, 0.1) is 0 Å². The molecular weight excluding hydrogens is 200 g/mol. The Balaban J connectivity index is 0.000000605. The zero-order valence-corrected chi connectivity index (χ0v) is 8.59. The highest BCUT2D eigenvalue weighted by molar-refractivity contribution is 8.14. The van der Waals surface area contributed by atoms with E-state index in [2.05, 4.69) is 22.5 Å². The maximum Gasteiger partial charge on any atom is 0.160 e. The van der Waals surface area contributed by atoms with E-state index < -0.39 is 0 Å². The van der Waals surface area contributed by atoms with E-state index in [0.29, 0.717) is 5.37 Å². The van der Waals surface area contributed by atoms with E-state index >= 15 is 0 Å². The molecule has 0 aromatic heterocycles. The van der Waals surface area contributed by atoms with Crippen molar-refractivity contribution in [3.8, 4) is 0 Å². The molecule has 0 spiro atoms. The lowest BCUT2D eigenvalue weighted by Gasteiger charge is -2.38. The number of nitrogens with zero attached hydrogens (tertiary/aromatic N) is 2. The van der Waals surface area contributed by atoms with Gasteiger partial charge in [0.2, 0.25) is 0 Å². The van der Waals surface area contributed by atoms with E-state index in [-0.39, 0.29) is 12.4 Å². The van der Waals surface area contributed by atoms with Crippen molar-refractivity contribution >= 4 is 42.0 Å². The number of thiol groups is 1. The molecule has 1 fully saturated rings. The summed E-state index contributed by atoms with van der Waals surface area (Å²) < 4.78 is 0. The maximum absolute atomic E-state index is 4.39. The number of hydrogen-bond donors (Lipinski definition) is 1. The van der Waals surface area contributed by atoms with Crippen molar-refractivity contribution in [2.24, 2.45) is 4.99 Å². The van der Waals surface area contributed by atoms with E-state index in [4.69, 9.17) is 0 Å². The van der Waals surface area contributed by atoms with Gasteiger partial charge in [-0.3, -0.25) is 4.99 Å². The van der Waals surface area contributed by atoms with Crippen molar-refractivity contribution in [3.63, 3.8) is 0 Å². The molecule has 64 valence electrons. The number of amidine groups is 1. The molecule has 11 heavy (non-hydrogen) atoms. The lowest BCUT2D eigenvalue weighted by Crippen LogP contribution is -2.46. The maximum atomic E-state index is 4.39. The molecule has 0 aromatic rings. The molecule has 2 aliphatic heterocycles. The van der Waals surface area contributed by atoms with E-state index in [1.807, 2.05) is 11.8 Å². The molecule has 0 N–H and O–H groups in total. The molecule has 0 bridgehead atoms. The Kier molecular flexibility index (Phi) is 3.40. The molecule has 2 nitrogen and oxygen atoms in total. The predicted molar refractivity (Wildman–Crippen MR) is 56.1 cm³/mol. The molecule has 1 unspecified atom stereocenters. The summed E-state index contributed by atoms with van der Waals surface area (Å²) in [7, 11) is 0. The first-order valence-electron chi connectivity index (χ1n) is 3.50. The highest BCUT2D eigenvalue weighted by Gasteiger charge is 2.28. The van der Waals surface area contributed by atoms with Crippen molar-refractivity contribution in [1.29, 1.82) is 0 Å². The minimum atomic E-state index is 0. The van der Waals surface area contributed by atoms with E-state index in [1.54, 1.807) is 0 Å². The quantitative estimate of drug-likeness (QED) is 0.610. The van der Waals surface area contributed by atoms with Gasteiger partial charge in [0, 0.05) is 12.3 Å². The van der Waals surface area contributed by atoms with Gasteiger partial charge in [0.25, 0.3) is 0 Å². The average Bonchev–Trinajstić information content (AvgIpc) is 2.37. The van der Waals surface area contributed by atoms with E-state index in [9.17, 15) is 0 Å². The van der Waals surface area contributed by atoms with Crippen LogP contribution in [0.5, 0.6) is 0 Å². The summed E-state index contributed by atoms with van der Waals surface area (Å²) in [5.41, 5.74) is 0. The molecule has 2 heterocycles. The molecule has 0 saturated carbocycles. The summed E-state index contributed by atoms with van der Waals surface area (Å²) in [6.07, 6.45) is 1.21. The Morgan fingerprint density at radius 1 is 1.64 bits per heavy atom. The van der Waals surface area contributed by atoms with Crippen LogP contribution in [0.3, 0.4) is 0 Å². The minimum Gasteiger partial charge on any atom is -0.340 e. The number of hydrogen-bond acceptors (Lipinski definition) is 4. The lowest BCUT2D eigenvalue weighted by atomic mass is 10.2. The fourth-order valence-corrected chi connectivity index (χ4v) is 2.44. The molecule has 0 aliphatic carbocycles. The van der Waals surface area contributed by atoms with Gasteiger partial charge in [0.1, 0.15) is 0 Å². The van der Waals surface area contributed by atoms with Gasteiger partial charge in [0.05, 0.1) is 11.9 Å². The van der Waals surface area contributed by atoms with Crippen LogP contribution in [0.15, 0.2) is 4.99 Å². The smallest absolute Gasteiger partial charge is 0.160 e. The standard InChI is InChI=1S/C6H10N2S2.ClH/c9-5-1-3-8(5)6-7-2-4-10-6;/h5,9H,1-4H2;1H. The first-order chi connectivity index (χ1) is 4.88. The second kappa shape index (κ2) is 3.92. The van der Waals surface area contributed by atoms with Crippen molar-refractivity contribution in [1.82, 2.24) is 4.90 Å². The summed E-state index contributed by atoms with van der Waals surface area (Å²) in [6, 6.07) is 0. The van der Waals surface area contributed by atoms with Gasteiger partial charge in [-0.05, 0) is 6.42 Å². The zero-order valence-electron chi connectivity index (χ0n) is 6.06. The lowest BCUT2D eigenvalue weighted by molar-refractivity contribution is 0.275. The summed E-state index contributed by atoms with van der Waals surface area (Å²) in [4.78, 5) is 6.63. The van der Waals surface area contributed by atoms with Crippen molar-refractivity contribution in [2.45, 2.75) is 11.8 Å². The molecule has 2 rings (SSSR count). The third kappa shape index (κ3) is 1.79. The summed E-state index contributed by atoms with van der Waals surface area (Å²) in [5, 5.41) is 1.66. The Morgan fingerprint density at radius 3 is 2.82 bits per heavy atom. The average molecular weight is 211 g/mol. The highest BCUT2D eigenvalue weighted by atomic mass is 35.5. The number of aliphatic imine (C=N–C) groups is 1. The van der Waals surface area contributed by atoms with E-state index in [0.717, 1.165) is 18.8 Å². The molecular formula is C6H11ClN2S2. The van der Waals surface area contributed by atoms with Crippen LogP contribution >= 0.6 is 36.8 Å². The monoisotopic (exact) mass is 210 g/mol. The third-order valence-corrected chi connectivity index (χ3v) is 3.35. The van der Waals surface area contributed by atoms with Crippen LogP contribution in [-0.2, 0) is 0 Å². The second-order valence-electron chi connectivity index (χ2n) is 2.48. The van der Waals surface area contributed by atoms with Crippen LogP contribution in [0.25, 0.3) is 0 Å². The highest BCUT2D eigenvalue weighted by Crippen LogP contribution is 2.27. The van der Waals surface area contributed by atoms with Crippen LogP contribution in [0.4, 0.5) is 0 Å². The zero-order chi connectivity index (χ0) is 6.97. The number of rotatable bonds is 0. The van der Waals surface area contributed by atoms with Crippen LogP contribution < -0.4 is 0 Å². The Hall–Kier alpha value is 0.460. The first kappa shape index (κ1) is 9.55. The van der Waals surface area contributed by atoms with E-state index in [1.165, 1.54) is 11.6 Å². The molecule has 5 heteroatoms. The van der Waals surface area contributed by atoms with Crippen molar-refractivity contribution < 1.29 is 0 Å². The summed E-state index contributed by atoms with van der Waals surface area (Å²) in [5.74, 6) is 1.16. The fraction of sp³-hybridized carbons (Fsp3) is 0.833. The third-order valence-electron chi connectivity index (χ3n) is 1.80. The molecule has 0 amide bonds. The summed E-state index contributed by atoms with van der Waals surface area (Å²) >= 11 is 6.24. The van der Waals surface area contributed by atoms with Crippen LogP contribution in [0.1, 0.15) is 6.42 Å². The summed E-state index contributed by atoms with van der Waals surface area (Å²) in [6.45, 7) is 2.15. The normalized spacial score (nSPS) is 29.0. The molecule has 0 radical (unpaired) electrons. The largest absolute Gasteiger partial charge is 0.340 e. The second-order valence-corrected chi connectivity index (χ2v) is 4.13. The fourth-order valence-electron chi connectivity index (χ4n) is 1.09. The van der Waals surface area contributed by atoms with Gasteiger partial charge in [-0.25, -0.2) is 0 Å². The van der Waals surface area contributed by atoms with Crippen molar-refractivity contribution in [3.05, 3.63) is 0 Å². The Morgan fingerprint density at radius 2 is 2.45 bits per heavy atom. The van der Waals surface area contributed by atoms with Crippen LogP contribution in [0.2, 0.25) is 0 Å². The van der Waals surface area contributed by atoms with Gasteiger partial charge in [-0.2, -0.15) is 12.6 Å². The SMILES string of the molecule is Cl.SC1CCN1C1=NCCS1. The number of thioether (sulfide) groups is 1. The minimum absolute atomic E-state index is 0. The van der Waals surface area contributed by atoms with Gasteiger partial charge >= 0.3 is 0 Å². The predicted octanol–water partition coefficient (Wildman–Crippen LogP) is 1.47. The molecule has 2 aliphatic rings. The van der Waals surface area contributed by atoms with Gasteiger partial charge < -0.3 is 4.90 Å². The molecule has 0 aromatic carbocycles.